The second-order valence-corrected chi connectivity index (χ2v) is 5.14. The van der Waals surface area contributed by atoms with Crippen molar-refractivity contribution >= 4 is 11.7 Å². The van der Waals surface area contributed by atoms with Gasteiger partial charge in [0.15, 0.2) is 0 Å². The van der Waals surface area contributed by atoms with E-state index < -0.39 is 5.54 Å². The fraction of sp³-hybridized carbons (Fsp3) is 0.562. The van der Waals surface area contributed by atoms with Crippen molar-refractivity contribution in [3.8, 4) is 5.75 Å². The Morgan fingerprint density at radius 2 is 1.90 bits per heavy atom. The maximum Gasteiger partial charge on any atom is 0.331 e. The number of carbonyl (C=O) groups excluding carboxylic acids is 1. The van der Waals surface area contributed by atoms with Gasteiger partial charge in [-0.1, -0.05) is 0 Å². The predicted octanol–water partition coefficient (Wildman–Crippen LogP) is 2.61. The van der Waals surface area contributed by atoms with Gasteiger partial charge < -0.3 is 19.5 Å². The van der Waals surface area contributed by atoms with Gasteiger partial charge in [0.1, 0.15) is 11.3 Å². The van der Waals surface area contributed by atoms with E-state index in [2.05, 4.69) is 5.32 Å². The summed E-state index contributed by atoms with van der Waals surface area (Å²) in [5.41, 5.74) is 0.198. The normalized spacial score (nSPS) is 24.0. The Balaban J connectivity index is 2.07. The summed E-state index contributed by atoms with van der Waals surface area (Å²) in [7, 11) is 1.63. The number of benzene rings is 1. The van der Waals surface area contributed by atoms with Gasteiger partial charge in [0.2, 0.25) is 0 Å². The molecule has 2 rings (SSSR count). The second kappa shape index (κ2) is 6.80. The van der Waals surface area contributed by atoms with Crippen molar-refractivity contribution < 1.29 is 19.0 Å². The molecule has 0 spiro atoms. The summed E-state index contributed by atoms with van der Waals surface area (Å²) < 4.78 is 15.9. The van der Waals surface area contributed by atoms with Crippen molar-refractivity contribution in [2.24, 2.45) is 0 Å². The van der Waals surface area contributed by atoms with Gasteiger partial charge >= 0.3 is 5.97 Å². The second-order valence-electron chi connectivity index (χ2n) is 5.14. The summed E-state index contributed by atoms with van der Waals surface area (Å²) in [5.74, 6) is 0.573. The lowest BCUT2D eigenvalue weighted by Gasteiger charge is -2.45. The molecule has 1 aliphatic rings. The SMILES string of the molecule is CCOC(=O)C1(Nc2ccc(OC)cc2)CC(OCC)C1. The van der Waals surface area contributed by atoms with Crippen LogP contribution in [0.3, 0.4) is 0 Å². The molecule has 5 heteroatoms. The monoisotopic (exact) mass is 293 g/mol. The van der Waals surface area contributed by atoms with E-state index in [1.165, 1.54) is 0 Å². The maximum atomic E-state index is 12.3. The summed E-state index contributed by atoms with van der Waals surface area (Å²) in [4.78, 5) is 12.3. The third-order valence-corrected chi connectivity index (χ3v) is 3.69. The van der Waals surface area contributed by atoms with Crippen molar-refractivity contribution in [3.05, 3.63) is 24.3 Å². The van der Waals surface area contributed by atoms with Crippen molar-refractivity contribution in [1.82, 2.24) is 0 Å². The first-order valence-electron chi connectivity index (χ1n) is 7.34. The summed E-state index contributed by atoms with van der Waals surface area (Å²) in [6.07, 6.45) is 1.38. The average molecular weight is 293 g/mol. The molecule has 1 N–H and O–H groups in total. The van der Waals surface area contributed by atoms with Gasteiger partial charge in [-0.25, -0.2) is 4.79 Å². The highest BCUT2D eigenvalue weighted by Crippen LogP contribution is 2.39. The number of nitrogens with one attached hydrogen (secondary N) is 1. The molecular weight excluding hydrogens is 270 g/mol. The third-order valence-electron chi connectivity index (χ3n) is 3.69. The largest absolute Gasteiger partial charge is 0.497 e. The molecule has 0 bridgehead atoms. The van der Waals surface area contributed by atoms with Crippen molar-refractivity contribution in [1.29, 1.82) is 0 Å². The molecule has 0 aromatic heterocycles. The number of hydrogen-bond donors (Lipinski definition) is 1. The number of hydrogen-bond acceptors (Lipinski definition) is 5. The van der Waals surface area contributed by atoms with Crippen LogP contribution >= 0.6 is 0 Å². The third kappa shape index (κ3) is 3.47. The first-order valence-corrected chi connectivity index (χ1v) is 7.34. The first kappa shape index (κ1) is 15.6. The topological polar surface area (TPSA) is 56.8 Å². The number of carbonyl (C=O) groups is 1. The van der Waals surface area contributed by atoms with Crippen molar-refractivity contribution in [3.63, 3.8) is 0 Å². The average Bonchev–Trinajstić information content (AvgIpc) is 2.46. The van der Waals surface area contributed by atoms with Crippen LogP contribution in [0.1, 0.15) is 26.7 Å². The molecule has 5 nitrogen and oxygen atoms in total. The molecule has 0 unspecified atom stereocenters. The summed E-state index contributed by atoms with van der Waals surface area (Å²) >= 11 is 0. The van der Waals surface area contributed by atoms with Crippen molar-refractivity contribution in [2.75, 3.05) is 25.6 Å². The molecule has 0 aliphatic heterocycles. The molecule has 0 heterocycles. The number of methoxy groups -OCH3 is 1. The fourth-order valence-corrected chi connectivity index (χ4v) is 2.61. The summed E-state index contributed by atoms with van der Waals surface area (Å²) in [5, 5.41) is 3.31. The molecule has 116 valence electrons. The lowest BCUT2D eigenvalue weighted by Crippen LogP contribution is -2.60. The lowest BCUT2D eigenvalue weighted by atomic mass is 9.73. The minimum atomic E-state index is -0.676. The smallest absolute Gasteiger partial charge is 0.331 e. The van der Waals surface area contributed by atoms with E-state index in [-0.39, 0.29) is 12.1 Å². The highest BCUT2D eigenvalue weighted by molar-refractivity contribution is 5.86. The zero-order chi connectivity index (χ0) is 15.3. The van der Waals surface area contributed by atoms with Gasteiger partial charge in [0.05, 0.1) is 19.8 Å². The number of esters is 1. The molecule has 0 amide bonds. The van der Waals surface area contributed by atoms with E-state index in [4.69, 9.17) is 14.2 Å². The summed E-state index contributed by atoms with van der Waals surface area (Å²) in [6, 6.07) is 7.52. The quantitative estimate of drug-likeness (QED) is 0.783. The Hall–Kier alpha value is -1.75. The molecule has 1 aliphatic carbocycles. The first-order chi connectivity index (χ1) is 10.1. The number of anilines is 1. The van der Waals surface area contributed by atoms with Crippen LogP contribution in [0.25, 0.3) is 0 Å². The van der Waals surface area contributed by atoms with Crippen LogP contribution in [0.15, 0.2) is 24.3 Å². The van der Waals surface area contributed by atoms with E-state index >= 15 is 0 Å². The number of ether oxygens (including phenoxy) is 3. The molecule has 1 aromatic rings. The molecule has 21 heavy (non-hydrogen) atoms. The van der Waals surface area contributed by atoms with Gasteiger partial charge in [0.25, 0.3) is 0 Å². The molecule has 1 saturated carbocycles. The standard InChI is InChI=1S/C16H23NO4/c1-4-20-14-10-16(11-14,15(18)21-5-2)17-12-6-8-13(19-3)9-7-12/h6-9,14,17H,4-5,10-11H2,1-3H3. The van der Waals surface area contributed by atoms with E-state index in [0.717, 1.165) is 11.4 Å². The van der Waals surface area contributed by atoms with Crippen LogP contribution in [0.5, 0.6) is 5.75 Å². The molecule has 0 saturated heterocycles. The van der Waals surface area contributed by atoms with Gasteiger partial charge in [-0.05, 0) is 38.1 Å². The highest BCUT2D eigenvalue weighted by atomic mass is 16.5. The Kier molecular flexibility index (Phi) is 5.07. The fourth-order valence-electron chi connectivity index (χ4n) is 2.61. The zero-order valence-electron chi connectivity index (χ0n) is 12.8. The van der Waals surface area contributed by atoms with E-state index in [1.807, 2.05) is 38.1 Å². The zero-order valence-corrected chi connectivity index (χ0v) is 12.8. The van der Waals surface area contributed by atoms with Crippen LogP contribution in [0.4, 0.5) is 5.69 Å². The molecule has 0 atom stereocenters. The minimum absolute atomic E-state index is 0.116. The Labute approximate surface area is 125 Å². The molecular formula is C16H23NO4. The number of rotatable bonds is 7. The van der Waals surface area contributed by atoms with E-state index in [1.54, 1.807) is 7.11 Å². The van der Waals surface area contributed by atoms with E-state index in [0.29, 0.717) is 26.1 Å². The molecule has 1 fully saturated rings. The Bertz CT molecular complexity index is 466. The van der Waals surface area contributed by atoms with Crippen LogP contribution in [0, 0.1) is 0 Å². The van der Waals surface area contributed by atoms with Crippen LogP contribution in [0.2, 0.25) is 0 Å². The van der Waals surface area contributed by atoms with Gasteiger partial charge in [-0.3, -0.25) is 0 Å². The van der Waals surface area contributed by atoms with Gasteiger partial charge in [-0.15, -0.1) is 0 Å². The van der Waals surface area contributed by atoms with Crippen LogP contribution < -0.4 is 10.1 Å². The lowest BCUT2D eigenvalue weighted by molar-refractivity contribution is -0.158. The predicted molar refractivity (Wildman–Crippen MR) is 80.6 cm³/mol. The van der Waals surface area contributed by atoms with Gasteiger partial charge in [-0.2, -0.15) is 0 Å². The van der Waals surface area contributed by atoms with Gasteiger partial charge in [0, 0.05) is 25.1 Å². The van der Waals surface area contributed by atoms with E-state index in [9.17, 15) is 4.79 Å². The van der Waals surface area contributed by atoms with Crippen molar-refractivity contribution in [2.45, 2.75) is 38.3 Å². The summed E-state index contributed by atoms with van der Waals surface area (Å²) in [6.45, 7) is 4.81. The Morgan fingerprint density at radius 3 is 2.43 bits per heavy atom. The molecule has 1 aromatic carbocycles. The maximum absolute atomic E-state index is 12.3. The Morgan fingerprint density at radius 1 is 1.24 bits per heavy atom. The minimum Gasteiger partial charge on any atom is -0.497 e. The van der Waals surface area contributed by atoms with Crippen LogP contribution in [-0.2, 0) is 14.3 Å². The molecule has 0 radical (unpaired) electrons. The van der Waals surface area contributed by atoms with Crippen LogP contribution in [-0.4, -0.2) is 37.9 Å². The highest BCUT2D eigenvalue weighted by Gasteiger charge is 2.52.